The molecule has 0 aliphatic heterocycles. The van der Waals surface area contributed by atoms with Crippen LogP contribution in [0.1, 0.15) is 38.6 Å². The fourth-order valence-electron chi connectivity index (χ4n) is 2.82. The maximum absolute atomic E-state index is 14.0. The van der Waals surface area contributed by atoms with Crippen molar-refractivity contribution >= 4 is 5.69 Å². The lowest BCUT2D eigenvalue weighted by atomic mass is 9.87. The Hall–Kier alpha value is -1.98. The Kier molecular flexibility index (Phi) is 3.38. The van der Waals surface area contributed by atoms with Crippen molar-refractivity contribution in [2.24, 2.45) is 5.92 Å². The van der Waals surface area contributed by atoms with E-state index in [4.69, 9.17) is 5.73 Å². The first-order valence-electron chi connectivity index (χ1n) is 6.98. The third-order valence-electron chi connectivity index (χ3n) is 4.06. The normalized spacial score (nSPS) is 22.9. The minimum Gasteiger partial charge on any atom is -0.399 e. The second kappa shape index (κ2) is 5.19. The fraction of sp³-hybridized carbons (Fsp3) is 0.500. The zero-order chi connectivity index (χ0) is 14.1. The highest BCUT2D eigenvalue weighted by Gasteiger charge is 2.24. The van der Waals surface area contributed by atoms with E-state index in [9.17, 15) is 4.39 Å². The number of anilines is 1. The second-order valence-corrected chi connectivity index (χ2v) is 5.60. The van der Waals surface area contributed by atoms with E-state index in [2.05, 4.69) is 22.4 Å². The van der Waals surface area contributed by atoms with E-state index < -0.39 is 0 Å². The van der Waals surface area contributed by atoms with Crippen molar-refractivity contribution in [1.29, 1.82) is 0 Å². The van der Waals surface area contributed by atoms with Gasteiger partial charge in [-0.25, -0.2) is 9.07 Å². The summed E-state index contributed by atoms with van der Waals surface area (Å²) in [5.41, 5.74) is 6.38. The molecule has 0 bridgehead atoms. The van der Waals surface area contributed by atoms with Crippen molar-refractivity contribution in [3.8, 4) is 11.4 Å². The molecule has 1 aromatic carbocycles. The number of nitrogens with two attached hydrogens (primary N) is 1. The summed E-state index contributed by atoms with van der Waals surface area (Å²) >= 11 is 0. The molecule has 1 saturated carbocycles. The number of rotatable bonds is 2. The summed E-state index contributed by atoms with van der Waals surface area (Å²) in [7, 11) is 0. The van der Waals surface area contributed by atoms with Crippen molar-refractivity contribution in [2.45, 2.75) is 38.6 Å². The van der Waals surface area contributed by atoms with E-state index in [1.54, 1.807) is 16.8 Å². The first-order valence-corrected chi connectivity index (χ1v) is 6.98. The molecule has 1 heterocycles. The van der Waals surface area contributed by atoms with Crippen molar-refractivity contribution in [1.82, 2.24) is 20.2 Å². The van der Waals surface area contributed by atoms with Crippen molar-refractivity contribution in [3.63, 3.8) is 0 Å². The molecule has 0 spiro atoms. The number of hydrogen-bond donors (Lipinski definition) is 1. The van der Waals surface area contributed by atoms with Gasteiger partial charge in [-0.3, -0.25) is 0 Å². The molecule has 6 heteroatoms. The van der Waals surface area contributed by atoms with Crippen LogP contribution in [-0.2, 0) is 0 Å². The smallest absolute Gasteiger partial charge is 0.185 e. The van der Waals surface area contributed by atoms with Gasteiger partial charge < -0.3 is 5.73 Å². The SMILES string of the molecule is CC1CCC(n2nnnc2-c2ccc(N)cc2F)CC1. The van der Waals surface area contributed by atoms with Crippen molar-refractivity contribution in [3.05, 3.63) is 24.0 Å². The van der Waals surface area contributed by atoms with Crippen molar-refractivity contribution in [2.75, 3.05) is 5.73 Å². The number of halogens is 1. The summed E-state index contributed by atoms with van der Waals surface area (Å²) in [5, 5.41) is 11.8. The molecule has 3 rings (SSSR count). The molecule has 1 fully saturated rings. The monoisotopic (exact) mass is 275 g/mol. The van der Waals surface area contributed by atoms with Gasteiger partial charge in [-0.15, -0.1) is 5.10 Å². The Balaban J connectivity index is 1.93. The van der Waals surface area contributed by atoms with Gasteiger partial charge in [0.2, 0.25) is 0 Å². The summed E-state index contributed by atoms with van der Waals surface area (Å²) in [6.07, 6.45) is 4.40. The van der Waals surface area contributed by atoms with E-state index in [0.29, 0.717) is 17.1 Å². The average Bonchev–Trinajstić information content (AvgIpc) is 2.88. The minimum atomic E-state index is -0.384. The Morgan fingerprint density at radius 1 is 1.25 bits per heavy atom. The maximum Gasteiger partial charge on any atom is 0.185 e. The first kappa shape index (κ1) is 13.0. The van der Waals surface area contributed by atoms with Gasteiger partial charge in [0, 0.05) is 5.69 Å². The summed E-state index contributed by atoms with van der Waals surface area (Å²) in [6, 6.07) is 4.86. The van der Waals surface area contributed by atoms with Gasteiger partial charge in [-0.1, -0.05) is 6.92 Å². The molecule has 1 aliphatic rings. The van der Waals surface area contributed by atoms with Crippen LogP contribution in [0.3, 0.4) is 0 Å². The summed E-state index contributed by atoms with van der Waals surface area (Å²) < 4.78 is 15.8. The van der Waals surface area contributed by atoms with Crippen molar-refractivity contribution < 1.29 is 4.39 Å². The molecule has 0 unspecified atom stereocenters. The molecular formula is C14H18FN5. The summed E-state index contributed by atoms with van der Waals surface area (Å²) in [4.78, 5) is 0. The van der Waals surface area contributed by atoms with Gasteiger partial charge in [0.25, 0.3) is 0 Å². The van der Waals surface area contributed by atoms with Gasteiger partial charge >= 0.3 is 0 Å². The third kappa shape index (κ3) is 2.37. The van der Waals surface area contributed by atoms with Crippen LogP contribution in [0.15, 0.2) is 18.2 Å². The third-order valence-corrected chi connectivity index (χ3v) is 4.06. The quantitative estimate of drug-likeness (QED) is 0.856. The fourth-order valence-corrected chi connectivity index (χ4v) is 2.82. The molecular weight excluding hydrogens is 257 g/mol. The standard InChI is InChI=1S/C14H18FN5/c1-9-2-5-11(6-3-9)20-14(17-18-19-20)12-7-4-10(16)8-13(12)15/h4,7-9,11H,2-3,5-6,16H2,1H3. The number of hydrogen-bond acceptors (Lipinski definition) is 4. The Labute approximate surface area is 117 Å². The van der Waals surface area contributed by atoms with E-state index in [-0.39, 0.29) is 11.9 Å². The van der Waals surface area contributed by atoms with Crippen LogP contribution < -0.4 is 5.73 Å². The molecule has 106 valence electrons. The average molecular weight is 275 g/mol. The maximum atomic E-state index is 14.0. The lowest BCUT2D eigenvalue weighted by molar-refractivity contribution is 0.272. The molecule has 2 aromatic rings. The van der Waals surface area contributed by atoms with Crippen LogP contribution in [0, 0.1) is 11.7 Å². The number of nitrogens with zero attached hydrogens (tertiary/aromatic N) is 4. The zero-order valence-corrected chi connectivity index (χ0v) is 11.5. The Morgan fingerprint density at radius 2 is 2.00 bits per heavy atom. The highest BCUT2D eigenvalue weighted by Crippen LogP contribution is 2.34. The van der Waals surface area contributed by atoms with E-state index in [0.717, 1.165) is 31.6 Å². The summed E-state index contributed by atoms with van der Waals surface area (Å²) in [6.45, 7) is 2.26. The molecule has 0 saturated heterocycles. The van der Waals surface area contributed by atoms with Gasteiger partial charge in [0.05, 0.1) is 11.6 Å². The number of tetrazole rings is 1. The number of nitrogen functional groups attached to an aromatic ring is 1. The van der Waals surface area contributed by atoms with Crippen LogP contribution in [0.2, 0.25) is 0 Å². The molecule has 0 radical (unpaired) electrons. The largest absolute Gasteiger partial charge is 0.399 e. The molecule has 20 heavy (non-hydrogen) atoms. The highest BCUT2D eigenvalue weighted by molar-refractivity contribution is 5.59. The topological polar surface area (TPSA) is 69.6 Å². The predicted octanol–water partition coefficient (Wildman–Crippen LogP) is 2.81. The highest BCUT2D eigenvalue weighted by atomic mass is 19.1. The van der Waals surface area contributed by atoms with Gasteiger partial charge in [0.1, 0.15) is 5.82 Å². The van der Waals surface area contributed by atoms with Crippen LogP contribution >= 0.6 is 0 Å². The van der Waals surface area contributed by atoms with Crippen LogP contribution in [0.4, 0.5) is 10.1 Å². The number of benzene rings is 1. The molecule has 5 nitrogen and oxygen atoms in total. The Morgan fingerprint density at radius 3 is 2.70 bits per heavy atom. The Bertz CT molecular complexity index is 601. The minimum absolute atomic E-state index is 0.258. The first-order chi connectivity index (χ1) is 9.65. The van der Waals surface area contributed by atoms with Crippen LogP contribution in [0.5, 0.6) is 0 Å². The predicted molar refractivity (Wildman–Crippen MR) is 74.3 cm³/mol. The van der Waals surface area contributed by atoms with Gasteiger partial charge in [-0.2, -0.15) is 0 Å². The lowest BCUT2D eigenvalue weighted by Crippen LogP contribution is -2.19. The van der Waals surface area contributed by atoms with E-state index in [1.807, 2.05) is 0 Å². The van der Waals surface area contributed by atoms with Crippen LogP contribution in [0.25, 0.3) is 11.4 Å². The van der Waals surface area contributed by atoms with E-state index >= 15 is 0 Å². The van der Waals surface area contributed by atoms with Gasteiger partial charge in [0.15, 0.2) is 5.82 Å². The second-order valence-electron chi connectivity index (χ2n) is 5.60. The summed E-state index contributed by atoms with van der Waals surface area (Å²) in [5.74, 6) is 0.853. The van der Waals surface area contributed by atoms with E-state index in [1.165, 1.54) is 6.07 Å². The molecule has 1 aliphatic carbocycles. The molecule has 1 aromatic heterocycles. The zero-order valence-electron chi connectivity index (χ0n) is 11.5. The van der Waals surface area contributed by atoms with Gasteiger partial charge in [-0.05, 0) is 60.2 Å². The molecule has 0 atom stereocenters. The van der Waals surface area contributed by atoms with Crippen LogP contribution in [-0.4, -0.2) is 20.2 Å². The molecule has 0 amide bonds. The lowest BCUT2D eigenvalue weighted by Gasteiger charge is -2.26. The number of aromatic nitrogens is 4. The molecule has 2 N–H and O–H groups in total.